The molecule has 22 nitrogen and oxygen atoms in total. The third-order valence-corrected chi connectivity index (χ3v) is 10.0. The quantitative estimate of drug-likeness (QED) is 0.125. The molecule has 2 aliphatic carbocycles. The van der Waals surface area contributed by atoms with Gasteiger partial charge in [-0.25, -0.2) is 9.79 Å². The van der Waals surface area contributed by atoms with Gasteiger partial charge in [-0.1, -0.05) is 0 Å². The van der Waals surface area contributed by atoms with Crippen LogP contribution in [0.25, 0.3) is 0 Å². The van der Waals surface area contributed by atoms with Crippen LogP contribution in [0.4, 0.5) is 0 Å². The van der Waals surface area contributed by atoms with Crippen molar-refractivity contribution in [3.63, 3.8) is 0 Å². The molecule has 6 aliphatic heterocycles. The molecule has 8 rings (SSSR count). The molecule has 0 aromatic carbocycles. The average molecular weight is 639 g/mol. The first kappa shape index (κ1) is 31.4. The van der Waals surface area contributed by atoms with Crippen LogP contribution in [0.5, 0.6) is 0 Å². The van der Waals surface area contributed by atoms with Crippen molar-refractivity contribution < 1.29 is 85.3 Å². The van der Waals surface area contributed by atoms with Crippen molar-refractivity contribution in [2.45, 2.75) is 89.5 Å². The number of hydrogen-bond acceptors (Lipinski definition) is 21. The van der Waals surface area contributed by atoms with Gasteiger partial charge in [0, 0.05) is 0 Å². The number of carbonyl (C=O) groups excluding carboxylic acids is 1. The molecule has 6 heterocycles. The van der Waals surface area contributed by atoms with E-state index in [1.54, 1.807) is 0 Å². The predicted octanol–water partition coefficient (Wildman–Crippen LogP) is -13.7. The lowest BCUT2D eigenvalue weighted by atomic mass is 9.55. The molecule has 22 heteroatoms. The molecule has 8 aliphatic rings. The Kier molecular flexibility index (Phi) is 6.78. The Morgan fingerprint density at radius 3 is 2.05 bits per heavy atom. The van der Waals surface area contributed by atoms with Crippen molar-refractivity contribution in [2.24, 2.45) is 28.3 Å². The maximum atomic E-state index is 12.5. The highest BCUT2D eigenvalue weighted by molar-refractivity contribution is 5.85. The lowest BCUT2D eigenvalue weighted by Gasteiger charge is -2.73. The van der Waals surface area contributed by atoms with Gasteiger partial charge in [-0.3, -0.25) is 16.0 Å². The monoisotopic (exact) mass is 638 g/mol. The first-order valence-corrected chi connectivity index (χ1v) is 13.4. The molecule has 2 saturated carbocycles. The van der Waals surface area contributed by atoms with Crippen LogP contribution in [0, 0.1) is 11.8 Å². The van der Waals surface area contributed by atoms with Gasteiger partial charge >= 0.3 is 11.9 Å². The van der Waals surface area contributed by atoms with Crippen LogP contribution in [0.3, 0.4) is 0 Å². The minimum Gasteiger partial charge on any atom is -0.805 e. The van der Waals surface area contributed by atoms with Crippen LogP contribution >= 0.6 is 0 Å². The van der Waals surface area contributed by atoms with Crippen molar-refractivity contribution in [2.75, 3.05) is 13.2 Å². The first-order valence-electron chi connectivity index (χ1n) is 13.4. The normalized spacial score (nSPS) is 58.1. The van der Waals surface area contributed by atoms with Gasteiger partial charge in [-0.05, 0) is 0 Å². The zero-order chi connectivity index (χ0) is 32.5. The number of ether oxygens (including phenoxy) is 3. The molecule has 18 N–H and O–H groups in total. The summed E-state index contributed by atoms with van der Waals surface area (Å²) >= 11 is 0. The van der Waals surface area contributed by atoms with Crippen LogP contribution in [-0.2, 0) is 19.0 Å². The van der Waals surface area contributed by atoms with E-state index in [0.29, 0.717) is 0 Å². The number of aliphatic hydroxyl groups excluding tert-OH is 9. The van der Waals surface area contributed by atoms with Crippen molar-refractivity contribution in [3.05, 3.63) is 0 Å². The average Bonchev–Trinajstić information content (AvgIpc) is 2.95. The van der Waals surface area contributed by atoms with E-state index in [4.69, 9.17) is 25.7 Å². The second kappa shape index (κ2) is 9.49. The fourth-order valence-electron chi connectivity index (χ4n) is 7.94. The number of nitrogens with one attached hydrogen (secondary N) is 3. The summed E-state index contributed by atoms with van der Waals surface area (Å²) in [4.78, 5) is 17.9. The third-order valence-electron chi connectivity index (χ3n) is 10.0. The molecule has 6 fully saturated rings. The fourth-order valence-corrected chi connectivity index (χ4v) is 7.94. The second-order valence-electron chi connectivity index (χ2n) is 12.1. The van der Waals surface area contributed by atoms with E-state index in [2.05, 4.69) is 20.6 Å². The smallest absolute Gasteiger partial charge is 0.343 e. The molecule has 0 aromatic rings. The molecular formula is C22H34N6O16. The number of nitrogens with zero attached hydrogens (tertiary/aromatic N) is 1. The Balaban J connectivity index is 0.000000156. The molecule has 4 saturated heterocycles. The van der Waals surface area contributed by atoms with Crippen LogP contribution in [-0.4, -0.2) is 177 Å². The predicted molar refractivity (Wildman–Crippen MR) is 129 cm³/mol. The summed E-state index contributed by atoms with van der Waals surface area (Å²) < 4.78 is 14.8. The first-order chi connectivity index (χ1) is 20.4. The van der Waals surface area contributed by atoms with E-state index in [1.807, 2.05) is 0 Å². The fraction of sp³-hybridized carbons (Fsp3) is 0.864. The Bertz CT molecular complexity index is 1290. The third kappa shape index (κ3) is 3.48. The summed E-state index contributed by atoms with van der Waals surface area (Å²) in [5, 5.41) is 130. The largest absolute Gasteiger partial charge is 0.805 e. The maximum Gasteiger partial charge on any atom is 0.343 e. The number of guanidine groups is 2. The van der Waals surface area contributed by atoms with Gasteiger partial charge in [-0.15, -0.1) is 0 Å². The van der Waals surface area contributed by atoms with E-state index in [-0.39, 0.29) is 11.9 Å². The Morgan fingerprint density at radius 1 is 0.841 bits per heavy atom. The van der Waals surface area contributed by atoms with Crippen molar-refractivity contribution in [3.8, 4) is 0 Å². The summed E-state index contributed by atoms with van der Waals surface area (Å²) in [5.74, 6) is -7.16. The molecule has 0 amide bonds. The molecule has 11 unspecified atom stereocenters. The minimum absolute atomic E-state index is 0.153. The van der Waals surface area contributed by atoms with Crippen molar-refractivity contribution in [1.82, 2.24) is 10.6 Å². The topological polar surface area (TPSA) is 393 Å². The number of aliphatic hydroxyl groups is 11. The lowest BCUT2D eigenvalue weighted by molar-refractivity contribution is -0.719. The van der Waals surface area contributed by atoms with Crippen LogP contribution < -0.4 is 32.2 Å². The molecule has 17 atom stereocenters. The molecule has 248 valence electrons. The molecule has 44 heavy (non-hydrogen) atoms. The highest BCUT2D eigenvalue weighted by atomic mass is 16.9. The Morgan fingerprint density at radius 2 is 1.43 bits per heavy atom. The van der Waals surface area contributed by atoms with E-state index in [9.17, 15) is 66.1 Å². The summed E-state index contributed by atoms with van der Waals surface area (Å²) in [6.07, 6.45) is -16.9. The van der Waals surface area contributed by atoms with E-state index in [0.717, 1.165) is 0 Å². The standard InChI is InChI=1S/C11H16N3O8.C11H17N3O8/c12-8-13-6(17)2-4-9(19,1-15)5-3(16)10(2,14-8)7(18)11(20,21-4)22-5;12-9-13-7(19)2-3(16)10(21,1-15)6-4(17)11(2,14-9)5(18)8(20)22-6/h2-7,15-19H,1H2,(H3,12,13,14);2-7,15-19,21H,1H2,(H3,12,13,14)/q-1;/p+1/t2?,3-,4?,5?,6+,7-,9?,10?,11?;2?,3?,4-,5+,6?,7+,10?,11?/m00/s1. The number of rotatable bonds is 2. The number of carbonyl (C=O) groups is 1. The zero-order valence-corrected chi connectivity index (χ0v) is 22.4. The number of esters is 1. The van der Waals surface area contributed by atoms with Gasteiger partial charge < -0.3 is 86.5 Å². The van der Waals surface area contributed by atoms with Gasteiger partial charge in [0.1, 0.15) is 47.6 Å². The van der Waals surface area contributed by atoms with Gasteiger partial charge in [-0.2, -0.15) is 0 Å². The van der Waals surface area contributed by atoms with Crippen LogP contribution in [0.2, 0.25) is 0 Å². The SMILES string of the molecule is NC1=N[C@H](O)C2C(O)C(O)(CO)C3OC(=O)[C@@H](O)C2(N1)[C@H]3O.NC1=[NH+][C@H](O)C2C3OC4([O-])OC([C@H](O)C2(N1)[C@@H]4O)C3(O)CO. The highest BCUT2D eigenvalue weighted by Crippen LogP contribution is 2.56. The summed E-state index contributed by atoms with van der Waals surface area (Å²) in [7, 11) is 0. The zero-order valence-electron chi connectivity index (χ0n) is 22.4. The number of nitrogens with two attached hydrogens (primary N) is 2. The van der Waals surface area contributed by atoms with Gasteiger partial charge in [0.25, 0.3) is 0 Å². The number of hydrogen-bond donors (Lipinski definition) is 16. The molecule has 0 radical (unpaired) electrons. The minimum atomic E-state index is -2.75. The number of fused-ring (bicyclic) bond motifs is 1. The van der Waals surface area contributed by atoms with Gasteiger partial charge in [0.2, 0.25) is 0 Å². The molecule has 6 bridgehead atoms. The van der Waals surface area contributed by atoms with Gasteiger partial charge in [0.05, 0.1) is 31.2 Å². The summed E-state index contributed by atoms with van der Waals surface area (Å²) in [6.45, 7) is -1.93. The molecule has 2 spiro atoms. The molecule has 0 aromatic heterocycles. The summed E-state index contributed by atoms with van der Waals surface area (Å²) in [5.41, 5.74) is 2.76. The van der Waals surface area contributed by atoms with E-state index < -0.39 is 121 Å². The molecular weight excluding hydrogens is 604 g/mol. The maximum absolute atomic E-state index is 12.5. The van der Waals surface area contributed by atoms with Gasteiger partial charge in [0.15, 0.2) is 41.8 Å². The van der Waals surface area contributed by atoms with E-state index >= 15 is 0 Å². The Labute approximate surface area is 245 Å². The highest BCUT2D eigenvalue weighted by Gasteiger charge is 2.82. The lowest BCUT2D eigenvalue weighted by Crippen LogP contribution is -3.04. The van der Waals surface area contributed by atoms with Crippen molar-refractivity contribution >= 4 is 17.9 Å². The second-order valence-corrected chi connectivity index (χ2v) is 12.1. The summed E-state index contributed by atoms with van der Waals surface area (Å²) in [6, 6.07) is 0. The van der Waals surface area contributed by atoms with Crippen LogP contribution in [0.15, 0.2) is 4.99 Å². The number of aliphatic imine (C=N–C) groups is 1. The van der Waals surface area contributed by atoms with Crippen molar-refractivity contribution in [1.29, 1.82) is 0 Å². The Hall–Kier alpha value is -2.55. The van der Waals surface area contributed by atoms with Crippen LogP contribution in [0.1, 0.15) is 0 Å². The van der Waals surface area contributed by atoms with E-state index in [1.165, 1.54) is 0 Å².